The third-order valence-corrected chi connectivity index (χ3v) is 14.6. The van der Waals surface area contributed by atoms with Crippen molar-refractivity contribution in [2.75, 3.05) is 0 Å². The van der Waals surface area contributed by atoms with E-state index in [0.717, 1.165) is 32.1 Å². The maximum atomic E-state index is 11.8. The quantitative estimate of drug-likeness (QED) is 0.373. The molecule has 11 atom stereocenters. The summed E-state index contributed by atoms with van der Waals surface area (Å²) >= 11 is 0. The predicted octanol–water partition coefficient (Wildman–Crippen LogP) is 7.39. The molecule has 5 aliphatic carbocycles. The lowest BCUT2D eigenvalue weighted by Gasteiger charge is -2.78. The molecule has 0 heterocycles. The van der Waals surface area contributed by atoms with Crippen LogP contribution in [0, 0.1) is 56.2 Å². The topological polar surface area (TPSA) is 40.5 Å². The summed E-state index contributed by atoms with van der Waals surface area (Å²) in [5, 5.41) is 22.8. The summed E-state index contributed by atoms with van der Waals surface area (Å²) in [5.41, 5.74) is 2.25. The van der Waals surface area contributed by atoms with E-state index in [1.165, 1.54) is 31.3 Å². The monoisotopic (exact) mass is 456 g/mol. The third kappa shape index (κ3) is 2.59. The van der Waals surface area contributed by atoms with Gasteiger partial charge in [0.15, 0.2) is 0 Å². The molecular weight excluding hydrogens is 404 g/mol. The van der Waals surface area contributed by atoms with E-state index in [2.05, 4.69) is 62.0 Å². The molecule has 5 fully saturated rings. The standard InChI is InChI=1S/C31H52O2/c1-19-10-14-27(5)24(33)18-29(7)21(25(27)20(19)2)11-16-30(8)28(6)15-13-23(32)26(3,4)22(28)12-17-31(29,30)9/h20-25,32-33H,1,10-18H2,2-9H3. The Labute approximate surface area is 204 Å². The molecule has 0 radical (unpaired) electrons. The van der Waals surface area contributed by atoms with Gasteiger partial charge in [-0.15, -0.1) is 0 Å². The largest absolute Gasteiger partial charge is 0.393 e. The van der Waals surface area contributed by atoms with Crippen LogP contribution in [0.25, 0.3) is 0 Å². The van der Waals surface area contributed by atoms with Crippen molar-refractivity contribution in [3.05, 3.63) is 12.2 Å². The van der Waals surface area contributed by atoms with Crippen LogP contribution >= 0.6 is 0 Å². The lowest BCUT2D eigenvalue weighted by atomic mass is 9.27. The minimum absolute atomic E-state index is 0.0185. The van der Waals surface area contributed by atoms with E-state index in [-0.39, 0.29) is 44.7 Å². The first-order chi connectivity index (χ1) is 15.1. The Hall–Kier alpha value is -0.340. The predicted molar refractivity (Wildman–Crippen MR) is 137 cm³/mol. The van der Waals surface area contributed by atoms with Crippen molar-refractivity contribution in [2.45, 2.75) is 125 Å². The zero-order valence-electron chi connectivity index (χ0n) is 22.9. The minimum atomic E-state index is -0.214. The van der Waals surface area contributed by atoms with Gasteiger partial charge in [0.2, 0.25) is 0 Å². The molecule has 0 aromatic heterocycles. The van der Waals surface area contributed by atoms with Gasteiger partial charge in [0, 0.05) is 0 Å². The molecule has 0 aromatic carbocycles. The second kappa shape index (κ2) is 6.90. The summed E-state index contributed by atoms with van der Waals surface area (Å²) < 4.78 is 0. The Balaban J connectivity index is 1.62. The molecule has 2 N–H and O–H groups in total. The smallest absolute Gasteiger partial charge is 0.0602 e. The highest BCUT2D eigenvalue weighted by Gasteiger charge is 2.75. The molecule has 5 saturated carbocycles. The van der Waals surface area contributed by atoms with Crippen LogP contribution in [-0.4, -0.2) is 22.4 Å². The molecule has 2 heteroatoms. The fourth-order valence-corrected chi connectivity index (χ4v) is 11.8. The number of allylic oxidation sites excluding steroid dienone is 1. The van der Waals surface area contributed by atoms with Crippen molar-refractivity contribution >= 4 is 0 Å². The molecule has 0 aliphatic heterocycles. The number of aliphatic hydroxyl groups excluding tert-OH is 2. The molecule has 5 rings (SSSR count). The van der Waals surface area contributed by atoms with Gasteiger partial charge in [0.05, 0.1) is 12.2 Å². The number of rotatable bonds is 0. The lowest BCUT2D eigenvalue weighted by Crippen LogP contribution is -2.72. The van der Waals surface area contributed by atoms with Crippen molar-refractivity contribution in [1.29, 1.82) is 0 Å². The van der Waals surface area contributed by atoms with Crippen LogP contribution in [-0.2, 0) is 0 Å². The summed E-state index contributed by atoms with van der Waals surface area (Å²) in [6.07, 6.45) is 9.88. The zero-order valence-corrected chi connectivity index (χ0v) is 22.9. The summed E-state index contributed by atoms with van der Waals surface area (Å²) in [5.74, 6) is 2.29. The normalized spacial score (nSPS) is 60.2. The third-order valence-electron chi connectivity index (χ3n) is 14.6. The van der Waals surface area contributed by atoms with Crippen LogP contribution in [0.3, 0.4) is 0 Å². The molecule has 0 aromatic rings. The first-order valence-corrected chi connectivity index (χ1v) is 14.1. The van der Waals surface area contributed by atoms with E-state index in [0.29, 0.717) is 23.7 Å². The highest BCUT2D eigenvalue weighted by Crippen LogP contribution is 2.81. The van der Waals surface area contributed by atoms with Crippen molar-refractivity contribution in [3.8, 4) is 0 Å². The second-order valence-electron chi connectivity index (χ2n) is 15.3. The SMILES string of the molecule is C=C1CCC2(C)C(O)CC3(C)C(CCC4(C)C5(C)CCC(O)C(C)(C)C5CCC34C)C2C1C. The second-order valence-corrected chi connectivity index (χ2v) is 15.3. The van der Waals surface area contributed by atoms with Crippen LogP contribution in [0.4, 0.5) is 0 Å². The highest BCUT2D eigenvalue weighted by atomic mass is 16.3. The molecule has 2 nitrogen and oxygen atoms in total. The van der Waals surface area contributed by atoms with Crippen LogP contribution in [0.2, 0.25) is 0 Å². The molecule has 0 saturated heterocycles. The maximum Gasteiger partial charge on any atom is 0.0602 e. The van der Waals surface area contributed by atoms with E-state index in [9.17, 15) is 10.2 Å². The fraction of sp³-hybridized carbons (Fsp3) is 0.935. The molecule has 11 unspecified atom stereocenters. The van der Waals surface area contributed by atoms with Gasteiger partial charge in [-0.05, 0) is 114 Å². The average molecular weight is 457 g/mol. The Morgan fingerprint density at radius 1 is 0.758 bits per heavy atom. The first kappa shape index (κ1) is 24.4. The minimum Gasteiger partial charge on any atom is -0.393 e. The van der Waals surface area contributed by atoms with Crippen LogP contribution in [0.1, 0.15) is 113 Å². The summed E-state index contributed by atoms with van der Waals surface area (Å²) in [7, 11) is 0. The zero-order chi connectivity index (χ0) is 24.4. The molecule has 5 aliphatic rings. The maximum absolute atomic E-state index is 11.8. The van der Waals surface area contributed by atoms with Gasteiger partial charge in [-0.25, -0.2) is 0 Å². The van der Waals surface area contributed by atoms with Gasteiger partial charge < -0.3 is 10.2 Å². The summed E-state index contributed by atoms with van der Waals surface area (Å²) in [4.78, 5) is 0. The summed E-state index contributed by atoms with van der Waals surface area (Å²) in [6.45, 7) is 24.5. The molecule has 0 bridgehead atoms. The molecule has 188 valence electrons. The Morgan fingerprint density at radius 2 is 1.36 bits per heavy atom. The van der Waals surface area contributed by atoms with Crippen molar-refractivity contribution < 1.29 is 10.2 Å². The van der Waals surface area contributed by atoms with Crippen molar-refractivity contribution in [2.24, 2.45) is 56.2 Å². The molecule has 0 spiro atoms. The Kier molecular flexibility index (Phi) is 5.10. The van der Waals surface area contributed by atoms with E-state index in [1.807, 2.05) is 0 Å². The van der Waals surface area contributed by atoms with E-state index in [4.69, 9.17) is 0 Å². The Bertz CT molecular complexity index is 846. The molecule has 0 amide bonds. The van der Waals surface area contributed by atoms with Gasteiger partial charge in [0.1, 0.15) is 0 Å². The molecular formula is C31H52O2. The van der Waals surface area contributed by atoms with E-state index < -0.39 is 0 Å². The lowest BCUT2D eigenvalue weighted by molar-refractivity contribution is -0.306. The van der Waals surface area contributed by atoms with E-state index >= 15 is 0 Å². The number of fused-ring (bicyclic) bond motifs is 7. The van der Waals surface area contributed by atoms with Gasteiger partial charge >= 0.3 is 0 Å². The van der Waals surface area contributed by atoms with Crippen LogP contribution in [0.15, 0.2) is 12.2 Å². The van der Waals surface area contributed by atoms with Crippen LogP contribution < -0.4 is 0 Å². The van der Waals surface area contributed by atoms with Gasteiger partial charge in [-0.2, -0.15) is 0 Å². The first-order valence-electron chi connectivity index (χ1n) is 14.1. The number of hydrogen-bond acceptors (Lipinski definition) is 2. The van der Waals surface area contributed by atoms with Gasteiger partial charge in [-0.3, -0.25) is 0 Å². The molecule has 33 heavy (non-hydrogen) atoms. The van der Waals surface area contributed by atoms with Crippen LogP contribution in [0.5, 0.6) is 0 Å². The average Bonchev–Trinajstić information content (AvgIpc) is 2.72. The van der Waals surface area contributed by atoms with Crippen molar-refractivity contribution in [3.63, 3.8) is 0 Å². The van der Waals surface area contributed by atoms with Crippen molar-refractivity contribution in [1.82, 2.24) is 0 Å². The van der Waals surface area contributed by atoms with E-state index in [1.54, 1.807) is 0 Å². The Morgan fingerprint density at radius 3 is 2.03 bits per heavy atom. The number of aliphatic hydroxyl groups is 2. The fourth-order valence-electron chi connectivity index (χ4n) is 11.8. The van der Waals surface area contributed by atoms with Gasteiger partial charge in [0.25, 0.3) is 0 Å². The van der Waals surface area contributed by atoms with Gasteiger partial charge in [-0.1, -0.05) is 67.5 Å². The summed E-state index contributed by atoms with van der Waals surface area (Å²) in [6, 6.07) is 0. The number of hydrogen-bond donors (Lipinski definition) is 2. The highest BCUT2D eigenvalue weighted by molar-refractivity contribution is 5.25.